The van der Waals surface area contributed by atoms with Gasteiger partial charge >= 0.3 is 0 Å². The van der Waals surface area contributed by atoms with Gasteiger partial charge in [-0.3, -0.25) is 9.48 Å². The minimum Gasteiger partial charge on any atom is -0.391 e. The maximum atomic E-state index is 12.3. The number of H-pyrrole nitrogens is 1. The van der Waals surface area contributed by atoms with Crippen LogP contribution in [0.15, 0.2) is 59.8 Å². The summed E-state index contributed by atoms with van der Waals surface area (Å²) in [6, 6.07) is 12.0. The molecule has 0 spiro atoms. The SMILES string of the molecule is Cn1cc(-c2c[nH]c(=O)c(N[C@@H]3CC[C@H](c4ccccc4)CC3O)c2)cn1. The largest absolute Gasteiger partial charge is 0.391 e. The minimum absolute atomic E-state index is 0.129. The predicted molar refractivity (Wildman–Crippen MR) is 106 cm³/mol. The van der Waals surface area contributed by atoms with Gasteiger partial charge in [0.15, 0.2) is 0 Å². The van der Waals surface area contributed by atoms with Crippen molar-refractivity contribution in [3.8, 4) is 11.1 Å². The molecule has 3 aromatic rings. The van der Waals surface area contributed by atoms with E-state index >= 15 is 0 Å². The Labute approximate surface area is 157 Å². The third kappa shape index (κ3) is 3.80. The fraction of sp³-hybridized carbons (Fsp3) is 0.333. The van der Waals surface area contributed by atoms with E-state index in [1.165, 1.54) is 5.56 Å². The molecular weight excluding hydrogens is 340 g/mol. The number of aromatic nitrogens is 3. The van der Waals surface area contributed by atoms with E-state index in [0.29, 0.717) is 18.0 Å². The first-order chi connectivity index (χ1) is 13.1. The highest BCUT2D eigenvalue weighted by molar-refractivity contribution is 5.65. The van der Waals surface area contributed by atoms with E-state index < -0.39 is 6.10 Å². The summed E-state index contributed by atoms with van der Waals surface area (Å²) in [5.74, 6) is 0.360. The van der Waals surface area contributed by atoms with Crippen LogP contribution >= 0.6 is 0 Å². The molecule has 0 radical (unpaired) electrons. The number of aryl methyl sites for hydroxylation is 1. The molecule has 27 heavy (non-hydrogen) atoms. The molecule has 1 aliphatic carbocycles. The summed E-state index contributed by atoms with van der Waals surface area (Å²) >= 11 is 0. The van der Waals surface area contributed by atoms with Crippen LogP contribution in [0.3, 0.4) is 0 Å². The zero-order chi connectivity index (χ0) is 18.8. The monoisotopic (exact) mass is 364 g/mol. The number of benzene rings is 1. The minimum atomic E-state index is -0.495. The molecule has 6 nitrogen and oxygen atoms in total. The van der Waals surface area contributed by atoms with E-state index in [-0.39, 0.29) is 11.6 Å². The zero-order valence-electron chi connectivity index (χ0n) is 15.3. The van der Waals surface area contributed by atoms with Crippen molar-refractivity contribution in [1.82, 2.24) is 14.8 Å². The molecule has 4 rings (SSSR count). The second kappa shape index (κ2) is 7.40. The third-order valence-corrected chi connectivity index (χ3v) is 5.37. The van der Waals surface area contributed by atoms with Crippen LogP contribution in [0.4, 0.5) is 5.69 Å². The highest BCUT2D eigenvalue weighted by Crippen LogP contribution is 2.34. The topological polar surface area (TPSA) is 82.9 Å². The number of nitrogens with one attached hydrogen (secondary N) is 2. The smallest absolute Gasteiger partial charge is 0.271 e. The molecule has 6 heteroatoms. The summed E-state index contributed by atoms with van der Waals surface area (Å²) in [5.41, 5.74) is 3.40. The Kier molecular flexibility index (Phi) is 4.81. The van der Waals surface area contributed by atoms with Crippen LogP contribution in [-0.2, 0) is 7.05 Å². The molecule has 1 aromatic carbocycles. The molecule has 0 amide bonds. The van der Waals surface area contributed by atoms with Gasteiger partial charge in [0.05, 0.1) is 18.3 Å². The molecule has 3 N–H and O–H groups in total. The molecule has 0 bridgehead atoms. The number of nitrogens with zero attached hydrogens (tertiary/aromatic N) is 2. The van der Waals surface area contributed by atoms with E-state index in [9.17, 15) is 9.90 Å². The number of hydrogen-bond acceptors (Lipinski definition) is 4. The second-order valence-electron chi connectivity index (χ2n) is 7.27. The van der Waals surface area contributed by atoms with Crippen LogP contribution in [-0.4, -0.2) is 32.0 Å². The van der Waals surface area contributed by atoms with E-state index in [4.69, 9.17) is 0 Å². The lowest BCUT2D eigenvalue weighted by molar-refractivity contribution is 0.106. The van der Waals surface area contributed by atoms with E-state index in [1.807, 2.05) is 37.5 Å². The standard InChI is InChI=1S/C21H24N4O2/c1-25-13-17(12-23-25)16-9-19(21(27)22-11-16)24-18-8-7-15(10-20(18)26)14-5-3-2-4-6-14/h2-6,9,11-13,15,18,20,24,26H,7-8,10H2,1H3,(H,22,27)/t15-,18+,20?/m0/s1. The highest BCUT2D eigenvalue weighted by atomic mass is 16.3. The van der Waals surface area contributed by atoms with Crippen molar-refractivity contribution in [2.24, 2.45) is 7.05 Å². The molecule has 0 aliphatic heterocycles. The van der Waals surface area contributed by atoms with Crippen LogP contribution in [0.25, 0.3) is 11.1 Å². The Bertz CT molecular complexity index is 964. The van der Waals surface area contributed by atoms with Crippen molar-refractivity contribution in [2.45, 2.75) is 37.3 Å². The third-order valence-electron chi connectivity index (χ3n) is 5.37. The first-order valence-electron chi connectivity index (χ1n) is 9.31. The van der Waals surface area contributed by atoms with Crippen LogP contribution in [0.1, 0.15) is 30.7 Å². The summed E-state index contributed by atoms with van der Waals surface area (Å²) in [6.45, 7) is 0. The normalized spacial score (nSPS) is 22.5. The lowest BCUT2D eigenvalue weighted by Gasteiger charge is -2.34. The summed E-state index contributed by atoms with van der Waals surface area (Å²) in [7, 11) is 1.86. The van der Waals surface area contributed by atoms with Gasteiger partial charge in [-0.25, -0.2) is 0 Å². The maximum absolute atomic E-state index is 12.3. The fourth-order valence-electron chi connectivity index (χ4n) is 3.87. The second-order valence-corrected chi connectivity index (χ2v) is 7.27. The van der Waals surface area contributed by atoms with E-state index in [0.717, 1.165) is 24.0 Å². The van der Waals surface area contributed by atoms with Crippen molar-refractivity contribution in [1.29, 1.82) is 0 Å². The maximum Gasteiger partial charge on any atom is 0.271 e. The fourth-order valence-corrected chi connectivity index (χ4v) is 3.87. The number of anilines is 1. The van der Waals surface area contributed by atoms with E-state index in [1.54, 1.807) is 17.1 Å². The Morgan fingerprint density at radius 2 is 2.04 bits per heavy atom. The van der Waals surface area contributed by atoms with Crippen LogP contribution in [0.2, 0.25) is 0 Å². The van der Waals surface area contributed by atoms with Crippen LogP contribution in [0, 0.1) is 0 Å². The van der Waals surface area contributed by atoms with Crippen molar-refractivity contribution in [3.05, 3.63) is 70.9 Å². The van der Waals surface area contributed by atoms with Gasteiger partial charge < -0.3 is 15.4 Å². The average Bonchev–Trinajstić information content (AvgIpc) is 3.12. The lowest BCUT2D eigenvalue weighted by Crippen LogP contribution is -2.40. The molecule has 3 atom stereocenters. The number of pyridine rings is 1. The van der Waals surface area contributed by atoms with Gasteiger partial charge in [-0.2, -0.15) is 5.10 Å². The quantitative estimate of drug-likeness (QED) is 0.665. The van der Waals surface area contributed by atoms with E-state index in [2.05, 4.69) is 27.5 Å². The number of aliphatic hydroxyl groups is 1. The molecule has 2 heterocycles. The van der Waals surface area contributed by atoms with Gasteiger partial charge in [0.1, 0.15) is 5.69 Å². The number of hydrogen-bond donors (Lipinski definition) is 3. The molecule has 1 fully saturated rings. The van der Waals surface area contributed by atoms with Crippen LogP contribution < -0.4 is 10.9 Å². The molecule has 1 saturated carbocycles. The van der Waals surface area contributed by atoms with Crippen molar-refractivity contribution < 1.29 is 5.11 Å². The van der Waals surface area contributed by atoms with Crippen molar-refractivity contribution >= 4 is 5.69 Å². The molecule has 1 unspecified atom stereocenters. The zero-order valence-corrected chi connectivity index (χ0v) is 15.3. The van der Waals surface area contributed by atoms with Gasteiger partial charge in [0.2, 0.25) is 0 Å². The molecule has 140 valence electrons. The van der Waals surface area contributed by atoms with Crippen LogP contribution in [0.5, 0.6) is 0 Å². The van der Waals surface area contributed by atoms with Crippen molar-refractivity contribution in [3.63, 3.8) is 0 Å². The Hall–Kier alpha value is -2.86. The Morgan fingerprint density at radius 1 is 1.22 bits per heavy atom. The van der Waals surface area contributed by atoms with Gasteiger partial charge in [0, 0.05) is 30.6 Å². The van der Waals surface area contributed by atoms with Gasteiger partial charge in [-0.1, -0.05) is 30.3 Å². The summed E-state index contributed by atoms with van der Waals surface area (Å²) in [5, 5.41) is 18.1. The Balaban J connectivity index is 1.49. The molecule has 2 aromatic heterocycles. The molecule has 0 saturated heterocycles. The summed E-state index contributed by atoms with van der Waals surface area (Å²) in [4.78, 5) is 15.0. The first-order valence-corrected chi connectivity index (χ1v) is 9.31. The van der Waals surface area contributed by atoms with Gasteiger partial charge in [0.25, 0.3) is 5.56 Å². The molecular formula is C21H24N4O2. The highest BCUT2D eigenvalue weighted by Gasteiger charge is 2.30. The predicted octanol–water partition coefficient (Wildman–Crippen LogP) is 2.88. The number of aliphatic hydroxyl groups excluding tert-OH is 1. The number of aromatic amines is 1. The van der Waals surface area contributed by atoms with Crippen molar-refractivity contribution in [2.75, 3.05) is 5.32 Å². The Morgan fingerprint density at radius 3 is 2.74 bits per heavy atom. The summed E-state index contributed by atoms with van der Waals surface area (Å²) in [6.07, 6.45) is 7.35. The summed E-state index contributed by atoms with van der Waals surface area (Å²) < 4.78 is 1.72. The average molecular weight is 364 g/mol. The molecule has 1 aliphatic rings. The van der Waals surface area contributed by atoms with Gasteiger partial charge in [-0.15, -0.1) is 0 Å². The van der Waals surface area contributed by atoms with Gasteiger partial charge in [-0.05, 0) is 36.8 Å². The lowest BCUT2D eigenvalue weighted by atomic mass is 9.80. The number of rotatable bonds is 4. The first kappa shape index (κ1) is 17.5.